The van der Waals surface area contributed by atoms with Gasteiger partial charge in [0.15, 0.2) is 0 Å². The van der Waals surface area contributed by atoms with E-state index < -0.39 is 0 Å². The van der Waals surface area contributed by atoms with Crippen molar-refractivity contribution >= 4 is 23.2 Å². The van der Waals surface area contributed by atoms with Gasteiger partial charge in [-0.1, -0.05) is 23.7 Å². The first-order chi connectivity index (χ1) is 12.5. The Labute approximate surface area is 157 Å². The van der Waals surface area contributed by atoms with E-state index in [1.54, 1.807) is 35.3 Å². The second-order valence-electron chi connectivity index (χ2n) is 6.08. The summed E-state index contributed by atoms with van der Waals surface area (Å²) in [6.45, 7) is 2.36. The highest BCUT2D eigenvalue weighted by atomic mass is 35.5. The lowest BCUT2D eigenvalue weighted by atomic mass is 10.1. The number of likely N-dealkylation sites (N-methyl/N-ethyl adjacent to an activating group) is 1. The third-order valence-electron chi connectivity index (χ3n) is 4.24. The van der Waals surface area contributed by atoms with Crippen LogP contribution in [0.2, 0.25) is 5.02 Å². The van der Waals surface area contributed by atoms with Crippen LogP contribution in [0.4, 0.5) is 5.69 Å². The topological polar surface area (TPSA) is 63.1 Å². The van der Waals surface area contributed by atoms with Crippen molar-refractivity contribution < 1.29 is 4.79 Å². The van der Waals surface area contributed by atoms with E-state index in [4.69, 9.17) is 11.6 Å². The summed E-state index contributed by atoms with van der Waals surface area (Å²) in [6.07, 6.45) is 3.16. The second-order valence-corrected chi connectivity index (χ2v) is 6.51. The Hall–Kier alpha value is -2.70. The molecule has 0 aliphatic carbocycles. The normalized spacial score (nSPS) is 12.2. The van der Waals surface area contributed by atoms with Crippen molar-refractivity contribution in [3.05, 3.63) is 71.8 Å². The number of amides is 1. The van der Waals surface area contributed by atoms with Crippen LogP contribution in [0.15, 0.2) is 61.2 Å². The van der Waals surface area contributed by atoms with Crippen molar-refractivity contribution in [1.82, 2.24) is 19.7 Å². The van der Waals surface area contributed by atoms with E-state index in [0.717, 1.165) is 16.9 Å². The molecule has 0 saturated carbocycles. The van der Waals surface area contributed by atoms with Gasteiger partial charge in [0.2, 0.25) is 5.91 Å². The second kappa shape index (κ2) is 8.12. The monoisotopic (exact) mass is 369 g/mol. The maximum atomic E-state index is 12.2. The fraction of sp³-hybridized carbons (Fsp3) is 0.211. The van der Waals surface area contributed by atoms with Crippen molar-refractivity contribution in [2.75, 3.05) is 18.9 Å². The smallest absolute Gasteiger partial charge is 0.238 e. The molecule has 1 heterocycles. The molecule has 0 radical (unpaired) electrons. The lowest BCUT2D eigenvalue weighted by Gasteiger charge is -2.24. The number of rotatable bonds is 6. The Morgan fingerprint density at radius 3 is 2.50 bits per heavy atom. The van der Waals surface area contributed by atoms with Gasteiger partial charge >= 0.3 is 0 Å². The number of hydrogen-bond donors (Lipinski definition) is 1. The molecule has 0 bridgehead atoms. The van der Waals surface area contributed by atoms with Crippen LogP contribution in [-0.2, 0) is 4.79 Å². The van der Waals surface area contributed by atoms with E-state index in [0.29, 0.717) is 5.02 Å². The molecule has 1 N–H and O–H groups in total. The maximum Gasteiger partial charge on any atom is 0.238 e. The minimum atomic E-state index is -0.0686. The Balaban J connectivity index is 1.59. The van der Waals surface area contributed by atoms with Gasteiger partial charge in [0, 0.05) is 16.8 Å². The molecular formula is C19H20ClN5O. The molecule has 3 aromatic rings. The molecule has 1 amide bonds. The third-order valence-corrected chi connectivity index (χ3v) is 4.49. The standard InChI is InChI=1S/C19H20ClN5O/c1-14(15-3-9-18(10-4-15)25-13-21-12-22-25)24(2)11-19(26)23-17-7-5-16(20)6-8-17/h3-10,12-14H,11H2,1-2H3,(H,23,26). The van der Waals surface area contributed by atoms with Crippen LogP contribution in [0.5, 0.6) is 0 Å². The Kier molecular flexibility index (Phi) is 5.65. The third kappa shape index (κ3) is 4.47. The number of anilines is 1. The van der Waals surface area contributed by atoms with Crippen LogP contribution in [0, 0.1) is 0 Å². The van der Waals surface area contributed by atoms with Crippen molar-refractivity contribution in [1.29, 1.82) is 0 Å². The highest BCUT2D eigenvalue weighted by Crippen LogP contribution is 2.20. The van der Waals surface area contributed by atoms with Gasteiger partial charge in [-0.25, -0.2) is 9.67 Å². The molecule has 0 spiro atoms. The van der Waals surface area contributed by atoms with Crippen LogP contribution in [0.25, 0.3) is 5.69 Å². The molecule has 0 aliphatic heterocycles. The van der Waals surface area contributed by atoms with Crippen molar-refractivity contribution in [3.63, 3.8) is 0 Å². The van der Waals surface area contributed by atoms with Crippen molar-refractivity contribution in [2.24, 2.45) is 0 Å². The summed E-state index contributed by atoms with van der Waals surface area (Å²) in [7, 11) is 1.93. The summed E-state index contributed by atoms with van der Waals surface area (Å²) in [6, 6.07) is 15.2. The largest absolute Gasteiger partial charge is 0.325 e. The van der Waals surface area contributed by atoms with Gasteiger partial charge in [0.1, 0.15) is 12.7 Å². The molecule has 7 heteroatoms. The molecule has 0 saturated heterocycles. The first-order valence-corrected chi connectivity index (χ1v) is 8.61. The molecule has 134 valence electrons. The van der Waals surface area contributed by atoms with E-state index >= 15 is 0 Å². The van der Waals surface area contributed by atoms with Gasteiger partial charge in [-0.3, -0.25) is 9.69 Å². The van der Waals surface area contributed by atoms with Crippen LogP contribution in [-0.4, -0.2) is 39.2 Å². The lowest BCUT2D eigenvalue weighted by Crippen LogP contribution is -2.32. The van der Waals surface area contributed by atoms with Gasteiger partial charge in [0.05, 0.1) is 12.2 Å². The number of halogens is 1. The van der Waals surface area contributed by atoms with Crippen LogP contribution < -0.4 is 5.32 Å². The van der Waals surface area contributed by atoms with Crippen LogP contribution in [0.1, 0.15) is 18.5 Å². The van der Waals surface area contributed by atoms with Crippen molar-refractivity contribution in [2.45, 2.75) is 13.0 Å². The molecular weight excluding hydrogens is 350 g/mol. The molecule has 0 aliphatic rings. The summed E-state index contributed by atoms with van der Waals surface area (Å²) in [5.41, 5.74) is 2.80. The number of nitrogens with zero attached hydrogens (tertiary/aromatic N) is 4. The van der Waals surface area contributed by atoms with Gasteiger partial charge < -0.3 is 5.32 Å². The molecule has 3 rings (SSSR count). The average Bonchev–Trinajstić information content (AvgIpc) is 3.18. The van der Waals surface area contributed by atoms with Gasteiger partial charge in [-0.15, -0.1) is 0 Å². The number of nitrogens with one attached hydrogen (secondary N) is 1. The van der Waals surface area contributed by atoms with Gasteiger partial charge in [0.25, 0.3) is 0 Å². The lowest BCUT2D eigenvalue weighted by molar-refractivity contribution is -0.117. The fourth-order valence-corrected chi connectivity index (χ4v) is 2.72. The number of benzene rings is 2. The minimum Gasteiger partial charge on any atom is -0.325 e. The first kappa shape index (κ1) is 18.1. The fourth-order valence-electron chi connectivity index (χ4n) is 2.60. The summed E-state index contributed by atoms with van der Waals surface area (Å²) < 4.78 is 1.71. The molecule has 1 atom stereocenters. The molecule has 6 nitrogen and oxygen atoms in total. The predicted molar refractivity (Wildman–Crippen MR) is 102 cm³/mol. The summed E-state index contributed by atoms with van der Waals surface area (Å²) in [5.74, 6) is -0.0686. The van der Waals surface area contributed by atoms with E-state index in [-0.39, 0.29) is 18.5 Å². The zero-order chi connectivity index (χ0) is 18.5. The van der Waals surface area contributed by atoms with Gasteiger partial charge in [-0.2, -0.15) is 5.10 Å². The molecule has 26 heavy (non-hydrogen) atoms. The van der Waals surface area contributed by atoms with E-state index in [1.807, 2.05) is 36.2 Å². The quantitative estimate of drug-likeness (QED) is 0.721. The summed E-state index contributed by atoms with van der Waals surface area (Å²) in [5, 5.41) is 7.63. The number of aromatic nitrogens is 3. The van der Waals surface area contributed by atoms with Crippen LogP contribution >= 0.6 is 11.6 Å². The molecule has 0 fully saturated rings. The van der Waals surface area contributed by atoms with Crippen LogP contribution in [0.3, 0.4) is 0 Å². The molecule has 2 aromatic carbocycles. The highest BCUT2D eigenvalue weighted by molar-refractivity contribution is 6.30. The van der Waals surface area contributed by atoms with E-state index in [2.05, 4.69) is 22.3 Å². The van der Waals surface area contributed by atoms with E-state index in [1.165, 1.54) is 6.33 Å². The van der Waals surface area contributed by atoms with E-state index in [9.17, 15) is 4.79 Å². The Morgan fingerprint density at radius 1 is 1.19 bits per heavy atom. The Bertz CT molecular complexity index is 847. The number of carbonyl (C=O) groups is 1. The van der Waals surface area contributed by atoms with Crippen molar-refractivity contribution in [3.8, 4) is 5.69 Å². The zero-order valence-corrected chi connectivity index (χ0v) is 15.4. The Morgan fingerprint density at radius 2 is 1.88 bits per heavy atom. The van der Waals surface area contributed by atoms with Gasteiger partial charge in [-0.05, 0) is 55.9 Å². The molecule has 1 aromatic heterocycles. The highest BCUT2D eigenvalue weighted by Gasteiger charge is 2.15. The molecule has 1 unspecified atom stereocenters. The zero-order valence-electron chi connectivity index (χ0n) is 14.6. The first-order valence-electron chi connectivity index (χ1n) is 8.23. The minimum absolute atomic E-state index is 0.0686. The number of hydrogen-bond acceptors (Lipinski definition) is 4. The predicted octanol–water partition coefficient (Wildman–Crippen LogP) is 3.55. The number of carbonyl (C=O) groups excluding carboxylic acids is 1. The summed E-state index contributed by atoms with van der Waals surface area (Å²) in [4.78, 5) is 18.2. The summed E-state index contributed by atoms with van der Waals surface area (Å²) >= 11 is 5.86. The SMILES string of the molecule is CC(c1ccc(-n2cncn2)cc1)N(C)CC(=O)Nc1ccc(Cl)cc1. The average molecular weight is 370 g/mol. The maximum absolute atomic E-state index is 12.2.